The summed E-state index contributed by atoms with van der Waals surface area (Å²) in [6.07, 6.45) is 4.23. The van der Waals surface area contributed by atoms with E-state index in [4.69, 9.17) is 0 Å². The number of nitrogens with zero attached hydrogens (tertiary/aromatic N) is 1. The molecular weight excluding hydrogens is 170 g/mol. The predicted octanol–water partition coefficient (Wildman–Crippen LogP) is 3.54. The highest BCUT2D eigenvalue weighted by molar-refractivity contribution is 4.78. The first-order chi connectivity index (χ1) is 6.38. The third kappa shape index (κ3) is 4.00. The van der Waals surface area contributed by atoms with Gasteiger partial charge in [0.15, 0.2) is 0 Å². The lowest BCUT2D eigenvalue weighted by Gasteiger charge is -2.37. The molecule has 1 nitrogen and oxygen atoms in total. The van der Waals surface area contributed by atoms with Gasteiger partial charge in [0, 0.05) is 12.6 Å². The van der Waals surface area contributed by atoms with E-state index in [0.717, 1.165) is 12.0 Å². The van der Waals surface area contributed by atoms with E-state index in [2.05, 4.69) is 39.5 Å². The third-order valence-corrected chi connectivity index (χ3v) is 3.18. The highest BCUT2D eigenvalue weighted by atomic mass is 15.2. The molecule has 1 heteroatoms. The fourth-order valence-corrected chi connectivity index (χ4v) is 2.60. The Bertz CT molecular complexity index is 167. The molecule has 0 spiro atoms. The van der Waals surface area contributed by atoms with Crippen molar-refractivity contribution in [2.45, 2.75) is 59.9 Å². The SMILES string of the molecule is CC(C)N1CCC[C@@H](CC(C)(C)C)C1. The minimum absolute atomic E-state index is 0.505. The van der Waals surface area contributed by atoms with Gasteiger partial charge in [-0.05, 0) is 51.0 Å². The first-order valence-electron chi connectivity index (χ1n) is 6.12. The maximum absolute atomic E-state index is 2.64. The largest absolute Gasteiger partial charge is 0.301 e. The maximum atomic E-state index is 2.64. The van der Waals surface area contributed by atoms with Crippen molar-refractivity contribution in [3.05, 3.63) is 0 Å². The Morgan fingerprint density at radius 2 is 1.93 bits per heavy atom. The summed E-state index contributed by atoms with van der Waals surface area (Å²) in [6.45, 7) is 14.4. The van der Waals surface area contributed by atoms with E-state index in [-0.39, 0.29) is 0 Å². The van der Waals surface area contributed by atoms with Crippen molar-refractivity contribution in [1.82, 2.24) is 4.90 Å². The molecule has 0 unspecified atom stereocenters. The van der Waals surface area contributed by atoms with Gasteiger partial charge in [0.1, 0.15) is 0 Å². The van der Waals surface area contributed by atoms with Crippen LogP contribution in [0.4, 0.5) is 0 Å². The summed E-state index contributed by atoms with van der Waals surface area (Å²) >= 11 is 0. The van der Waals surface area contributed by atoms with Gasteiger partial charge in [-0.2, -0.15) is 0 Å². The molecular formula is C13H27N. The molecule has 0 bridgehead atoms. The topological polar surface area (TPSA) is 3.24 Å². The molecule has 1 rings (SSSR count). The van der Waals surface area contributed by atoms with Gasteiger partial charge in [0.05, 0.1) is 0 Å². The number of hydrogen-bond donors (Lipinski definition) is 0. The van der Waals surface area contributed by atoms with E-state index >= 15 is 0 Å². The van der Waals surface area contributed by atoms with Crippen molar-refractivity contribution in [3.63, 3.8) is 0 Å². The van der Waals surface area contributed by atoms with E-state index in [1.807, 2.05) is 0 Å². The molecule has 0 radical (unpaired) electrons. The van der Waals surface area contributed by atoms with E-state index in [1.165, 1.54) is 32.4 Å². The van der Waals surface area contributed by atoms with Crippen LogP contribution in [0.2, 0.25) is 0 Å². The molecule has 0 N–H and O–H groups in total. The summed E-state index contributed by atoms with van der Waals surface area (Å²) in [6, 6.07) is 0.734. The second-order valence-corrected chi connectivity index (χ2v) is 6.36. The van der Waals surface area contributed by atoms with Gasteiger partial charge in [-0.3, -0.25) is 0 Å². The fraction of sp³-hybridized carbons (Fsp3) is 1.00. The summed E-state index contributed by atoms with van der Waals surface area (Å²) in [5, 5.41) is 0. The Morgan fingerprint density at radius 1 is 1.29 bits per heavy atom. The third-order valence-electron chi connectivity index (χ3n) is 3.18. The Labute approximate surface area is 89.9 Å². The van der Waals surface area contributed by atoms with E-state index in [1.54, 1.807) is 0 Å². The van der Waals surface area contributed by atoms with Crippen molar-refractivity contribution in [1.29, 1.82) is 0 Å². The van der Waals surface area contributed by atoms with Gasteiger partial charge in [0.25, 0.3) is 0 Å². The minimum Gasteiger partial charge on any atom is -0.301 e. The molecule has 0 aromatic rings. The van der Waals surface area contributed by atoms with Crippen molar-refractivity contribution in [3.8, 4) is 0 Å². The molecule has 0 aromatic heterocycles. The van der Waals surface area contributed by atoms with Crippen molar-refractivity contribution in [2.24, 2.45) is 11.3 Å². The minimum atomic E-state index is 0.505. The molecule has 0 amide bonds. The molecule has 0 aliphatic carbocycles. The van der Waals surface area contributed by atoms with Crippen molar-refractivity contribution >= 4 is 0 Å². The molecule has 0 aromatic carbocycles. The summed E-state index contributed by atoms with van der Waals surface area (Å²) in [4.78, 5) is 2.64. The van der Waals surface area contributed by atoms with Gasteiger partial charge >= 0.3 is 0 Å². The van der Waals surface area contributed by atoms with Crippen LogP contribution in [-0.2, 0) is 0 Å². The van der Waals surface area contributed by atoms with Gasteiger partial charge in [-0.25, -0.2) is 0 Å². The van der Waals surface area contributed by atoms with Crippen LogP contribution in [-0.4, -0.2) is 24.0 Å². The zero-order valence-electron chi connectivity index (χ0n) is 10.6. The van der Waals surface area contributed by atoms with Crippen molar-refractivity contribution < 1.29 is 0 Å². The average Bonchev–Trinajstić information content (AvgIpc) is 2.01. The van der Waals surface area contributed by atoms with Gasteiger partial charge in [-0.15, -0.1) is 0 Å². The molecule has 1 atom stereocenters. The van der Waals surface area contributed by atoms with E-state index in [9.17, 15) is 0 Å². The van der Waals surface area contributed by atoms with Gasteiger partial charge in [0.2, 0.25) is 0 Å². The predicted molar refractivity (Wildman–Crippen MR) is 63.5 cm³/mol. The van der Waals surface area contributed by atoms with Crippen LogP contribution in [0.15, 0.2) is 0 Å². The second kappa shape index (κ2) is 4.65. The molecule has 1 heterocycles. The van der Waals surface area contributed by atoms with Crippen LogP contribution in [0, 0.1) is 11.3 Å². The summed E-state index contributed by atoms with van der Waals surface area (Å²) < 4.78 is 0. The second-order valence-electron chi connectivity index (χ2n) is 6.36. The Hall–Kier alpha value is -0.0400. The molecule has 1 aliphatic rings. The lowest BCUT2D eigenvalue weighted by molar-refractivity contribution is 0.114. The smallest absolute Gasteiger partial charge is 0.00387 e. The molecule has 14 heavy (non-hydrogen) atoms. The van der Waals surface area contributed by atoms with Crippen LogP contribution in [0.25, 0.3) is 0 Å². The van der Waals surface area contributed by atoms with Crippen LogP contribution in [0.3, 0.4) is 0 Å². The zero-order chi connectivity index (χ0) is 10.8. The Morgan fingerprint density at radius 3 is 2.43 bits per heavy atom. The quantitative estimate of drug-likeness (QED) is 0.654. The maximum Gasteiger partial charge on any atom is 0.00387 e. The lowest BCUT2D eigenvalue weighted by Crippen LogP contribution is -2.40. The monoisotopic (exact) mass is 197 g/mol. The number of hydrogen-bond acceptors (Lipinski definition) is 1. The van der Waals surface area contributed by atoms with Crippen molar-refractivity contribution in [2.75, 3.05) is 13.1 Å². The number of piperidine rings is 1. The number of likely N-dealkylation sites (tertiary alicyclic amines) is 1. The number of rotatable bonds is 2. The zero-order valence-corrected chi connectivity index (χ0v) is 10.6. The van der Waals surface area contributed by atoms with Crippen LogP contribution >= 0.6 is 0 Å². The molecule has 84 valence electrons. The lowest BCUT2D eigenvalue weighted by atomic mass is 9.81. The fourth-order valence-electron chi connectivity index (χ4n) is 2.60. The summed E-state index contributed by atoms with van der Waals surface area (Å²) in [7, 11) is 0. The molecule has 1 saturated heterocycles. The Kier molecular flexibility index (Phi) is 4.00. The first kappa shape index (κ1) is 12.0. The van der Waals surface area contributed by atoms with Crippen LogP contribution in [0.1, 0.15) is 53.9 Å². The molecule has 1 aliphatic heterocycles. The van der Waals surface area contributed by atoms with Crippen LogP contribution in [0.5, 0.6) is 0 Å². The molecule has 1 fully saturated rings. The highest BCUT2D eigenvalue weighted by Gasteiger charge is 2.25. The standard InChI is InChI=1S/C13H27N/c1-11(2)14-8-6-7-12(10-14)9-13(3,4)5/h11-12H,6-10H2,1-5H3/t12-/m0/s1. The van der Waals surface area contributed by atoms with Gasteiger partial charge < -0.3 is 4.90 Å². The summed E-state index contributed by atoms with van der Waals surface area (Å²) in [5.41, 5.74) is 0.505. The average molecular weight is 197 g/mol. The highest BCUT2D eigenvalue weighted by Crippen LogP contribution is 2.30. The first-order valence-corrected chi connectivity index (χ1v) is 6.12. The van der Waals surface area contributed by atoms with E-state index in [0.29, 0.717) is 5.41 Å². The normalized spacial score (nSPS) is 25.7. The Balaban J connectivity index is 2.40. The molecule has 0 saturated carbocycles. The van der Waals surface area contributed by atoms with Crippen LogP contribution < -0.4 is 0 Å². The summed E-state index contributed by atoms with van der Waals surface area (Å²) in [5.74, 6) is 0.936. The van der Waals surface area contributed by atoms with E-state index < -0.39 is 0 Å². The van der Waals surface area contributed by atoms with Gasteiger partial charge in [-0.1, -0.05) is 20.8 Å².